The van der Waals surface area contributed by atoms with E-state index in [1.807, 2.05) is 37.3 Å². The second-order valence-electron chi connectivity index (χ2n) is 5.20. The smallest absolute Gasteiger partial charge is 0.308 e. The van der Waals surface area contributed by atoms with Crippen molar-refractivity contribution in [3.8, 4) is 0 Å². The van der Waals surface area contributed by atoms with Gasteiger partial charge in [0.25, 0.3) is 0 Å². The summed E-state index contributed by atoms with van der Waals surface area (Å²) < 4.78 is 0. The number of carboxylic acids is 1. The van der Waals surface area contributed by atoms with Gasteiger partial charge in [0, 0.05) is 12.5 Å². The van der Waals surface area contributed by atoms with Gasteiger partial charge in [-0.25, -0.2) is 0 Å². The maximum atomic E-state index is 12.0. The van der Waals surface area contributed by atoms with E-state index in [1.165, 1.54) is 0 Å². The van der Waals surface area contributed by atoms with Crippen LogP contribution in [-0.4, -0.2) is 23.0 Å². The number of rotatable bonds is 7. The zero-order chi connectivity index (χ0) is 15.1. The SMILES string of the molecule is CCC(CC(=O)NC(C)C(C)C(=O)O)c1ccccc1. The largest absolute Gasteiger partial charge is 0.481 e. The zero-order valence-corrected chi connectivity index (χ0v) is 12.3. The Morgan fingerprint density at radius 3 is 2.30 bits per heavy atom. The van der Waals surface area contributed by atoms with Gasteiger partial charge in [0.2, 0.25) is 5.91 Å². The molecule has 0 bridgehead atoms. The summed E-state index contributed by atoms with van der Waals surface area (Å²) in [6.45, 7) is 5.37. The van der Waals surface area contributed by atoms with E-state index in [2.05, 4.69) is 5.32 Å². The highest BCUT2D eigenvalue weighted by atomic mass is 16.4. The maximum Gasteiger partial charge on any atom is 0.308 e. The lowest BCUT2D eigenvalue weighted by Crippen LogP contribution is -2.40. The Bertz CT molecular complexity index is 444. The maximum absolute atomic E-state index is 12.0. The summed E-state index contributed by atoms with van der Waals surface area (Å²) in [5.41, 5.74) is 1.14. The van der Waals surface area contributed by atoms with Crippen molar-refractivity contribution in [3.05, 3.63) is 35.9 Å². The highest BCUT2D eigenvalue weighted by Crippen LogP contribution is 2.22. The molecular weight excluding hydrogens is 254 g/mol. The minimum absolute atomic E-state index is 0.0960. The Balaban J connectivity index is 2.58. The van der Waals surface area contributed by atoms with Crippen LogP contribution in [0.25, 0.3) is 0 Å². The third-order valence-corrected chi connectivity index (χ3v) is 3.72. The topological polar surface area (TPSA) is 66.4 Å². The van der Waals surface area contributed by atoms with Crippen LogP contribution in [0.3, 0.4) is 0 Å². The standard InChI is InChI=1S/C16H23NO3/c1-4-13(14-8-6-5-7-9-14)10-15(18)17-12(3)11(2)16(19)20/h5-9,11-13H,4,10H2,1-3H3,(H,17,18)(H,19,20). The van der Waals surface area contributed by atoms with Gasteiger partial charge in [0.05, 0.1) is 5.92 Å². The summed E-state index contributed by atoms with van der Waals surface area (Å²) >= 11 is 0. The molecule has 0 aliphatic rings. The minimum atomic E-state index is -0.895. The molecular formula is C16H23NO3. The molecule has 3 unspecified atom stereocenters. The number of carbonyl (C=O) groups excluding carboxylic acids is 1. The molecule has 4 heteroatoms. The van der Waals surface area contributed by atoms with E-state index < -0.39 is 11.9 Å². The molecule has 0 saturated carbocycles. The van der Waals surface area contributed by atoms with Gasteiger partial charge in [0.15, 0.2) is 0 Å². The van der Waals surface area contributed by atoms with E-state index in [4.69, 9.17) is 5.11 Å². The first-order valence-electron chi connectivity index (χ1n) is 7.02. The van der Waals surface area contributed by atoms with Crippen molar-refractivity contribution in [1.29, 1.82) is 0 Å². The van der Waals surface area contributed by atoms with E-state index in [1.54, 1.807) is 13.8 Å². The van der Waals surface area contributed by atoms with Crippen molar-refractivity contribution in [2.45, 2.75) is 45.6 Å². The molecule has 0 heterocycles. The molecule has 1 rings (SSSR count). The van der Waals surface area contributed by atoms with Crippen LogP contribution in [0, 0.1) is 5.92 Å². The molecule has 4 nitrogen and oxygen atoms in total. The Hall–Kier alpha value is -1.84. The summed E-state index contributed by atoms with van der Waals surface area (Å²) in [7, 11) is 0. The van der Waals surface area contributed by atoms with Crippen LogP contribution in [0.15, 0.2) is 30.3 Å². The third-order valence-electron chi connectivity index (χ3n) is 3.72. The molecule has 0 fully saturated rings. The Kier molecular flexibility index (Phi) is 6.22. The van der Waals surface area contributed by atoms with Crippen LogP contribution in [0.5, 0.6) is 0 Å². The minimum Gasteiger partial charge on any atom is -0.481 e. The van der Waals surface area contributed by atoms with Gasteiger partial charge in [-0.2, -0.15) is 0 Å². The number of carbonyl (C=O) groups is 2. The summed E-state index contributed by atoms with van der Waals surface area (Å²) in [6, 6.07) is 9.55. The number of amides is 1. The molecule has 1 amide bonds. The second-order valence-corrected chi connectivity index (χ2v) is 5.20. The van der Waals surface area contributed by atoms with Crippen LogP contribution >= 0.6 is 0 Å². The molecule has 0 aromatic heterocycles. The second kappa shape index (κ2) is 7.68. The van der Waals surface area contributed by atoms with Gasteiger partial charge in [-0.05, 0) is 31.7 Å². The van der Waals surface area contributed by atoms with Crippen LogP contribution < -0.4 is 5.32 Å². The monoisotopic (exact) mass is 277 g/mol. The lowest BCUT2D eigenvalue weighted by atomic mass is 9.92. The zero-order valence-electron chi connectivity index (χ0n) is 12.3. The van der Waals surface area contributed by atoms with Crippen molar-refractivity contribution in [3.63, 3.8) is 0 Å². The number of hydrogen-bond donors (Lipinski definition) is 2. The lowest BCUT2D eigenvalue weighted by Gasteiger charge is -2.20. The molecule has 1 aromatic rings. The molecule has 0 radical (unpaired) electrons. The molecule has 0 saturated heterocycles. The van der Waals surface area contributed by atoms with Crippen LogP contribution in [-0.2, 0) is 9.59 Å². The number of hydrogen-bond acceptors (Lipinski definition) is 2. The van der Waals surface area contributed by atoms with E-state index in [0.29, 0.717) is 6.42 Å². The molecule has 20 heavy (non-hydrogen) atoms. The average Bonchev–Trinajstić information content (AvgIpc) is 2.44. The van der Waals surface area contributed by atoms with Crippen LogP contribution in [0.4, 0.5) is 0 Å². The van der Waals surface area contributed by atoms with E-state index in [9.17, 15) is 9.59 Å². The molecule has 110 valence electrons. The van der Waals surface area contributed by atoms with Crippen molar-refractivity contribution in [2.24, 2.45) is 5.92 Å². The molecule has 0 spiro atoms. The van der Waals surface area contributed by atoms with Crippen LogP contribution in [0.2, 0.25) is 0 Å². The molecule has 0 aliphatic carbocycles. The van der Waals surface area contributed by atoms with Crippen molar-refractivity contribution >= 4 is 11.9 Å². The van der Waals surface area contributed by atoms with Gasteiger partial charge in [-0.1, -0.05) is 37.3 Å². The van der Waals surface area contributed by atoms with Crippen molar-refractivity contribution in [2.75, 3.05) is 0 Å². The first-order chi connectivity index (χ1) is 9.45. The van der Waals surface area contributed by atoms with Crippen molar-refractivity contribution < 1.29 is 14.7 Å². The summed E-state index contributed by atoms with van der Waals surface area (Å²) in [6.07, 6.45) is 1.26. The number of aliphatic carboxylic acids is 1. The number of nitrogens with one attached hydrogen (secondary N) is 1. The van der Waals surface area contributed by atoms with E-state index in [0.717, 1.165) is 12.0 Å². The summed E-state index contributed by atoms with van der Waals surface area (Å²) in [4.78, 5) is 22.9. The molecule has 0 aliphatic heterocycles. The number of carboxylic acid groups (broad SMARTS) is 1. The van der Waals surface area contributed by atoms with Gasteiger partial charge < -0.3 is 10.4 Å². The fourth-order valence-corrected chi connectivity index (χ4v) is 2.10. The summed E-state index contributed by atoms with van der Waals surface area (Å²) in [5.74, 6) is -1.41. The average molecular weight is 277 g/mol. The van der Waals surface area contributed by atoms with E-state index >= 15 is 0 Å². The first kappa shape index (κ1) is 16.2. The Labute approximate surface area is 120 Å². The number of benzene rings is 1. The molecule has 1 aromatic carbocycles. The normalized spacial score (nSPS) is 15.2. The third kappa shape index (κ3) is 4.68. The Morgan fingerprint density at radius 2 is 1.80 bits per heavy atom. The van der Waals surface area contributed by atoms with Crippen LogP contribution in [0.1, 0.15) is 45.1 Å². The lowest BCUT2D eigenvalue weighted by molar-refractivity contribution is -0.142. The molecule has 2 N–H and O–H groups in total. The highest BCUT2D eigenvalue weighted by Gasteiger charge is 2.22. The van der Waals surface area contributed by atoms with Crippen molar-refractivity contribution in [1.82, 2.24) is 5.32 Å². The van der Waals surface area contributed by atoms with Gasteiger partial charge in [-0.3, -0.25) is 9.59 Å². The fraction of sp³-hybridized carbons (Fsp3) is 0.500. The highest BCUT2D eigenvalue weighted by molar-refractivity contribution is 5.78. The Morgan fingerprint density at radius 1 is 1.20 bits per heavy atom. The predicted octanol–water partition coefficient (Wildman–Crippen LogP) is 2.80. The molecule has 3 atom stereocenters. The predicted molar refractivity (Wildman–Crippen MR) is 78.5 cm³/mol. The van der Waals surface area contributed by atoms with Gasteiger partial charge in [-0.15, -0.1) is 0 Å². The summed E-state index contributed by atoms with van der Waals surface area (Å²) in [5, 5.41) is 11.7. The van der Waals surface area contributed by atoms with Gasteiger partial charge >= 0.3 is 5.97 Å². The fourth-order valence-electron chi connectivity index (χ4n) is 2.10. The quantitative estimate of drug-likeness (QED) is 0.805. The van der Waals surface area contributed by atoms with Gasteiger partial charge in [0.1, 0.15) is 0 Å². The van der Waals surface area contributed by atoms with E-state index in [-0.39, 0.29) is 17.9 Å². The first-order valence-corrected chi connectivity index (χ1v) is 7.02.